The molecule has 3 rings (SSSR count). The van der Waals surface area contributed by atoms with Crippen molar-refractivity contribution in [2.75, 3.05) is 26.9 Å². The molecule has 0 radical (unpaired) electrons. The molecule has 1 saturated heterocycles. The summed E-state index contributed by atoms with van der Waals surface area (Å²) < 4.78 is 16.4. The molecule has 1 unspecified atom stereocenters. The highest BCUT2D eigenvalue weighted by Gasteiger charge is 2.40. The Labute approximate surface area is 106 Å². The lowest BCUT2D eigenvalue weighted by Crippen LogP contribution is -2.35. The summed E-state index contributed by atoms with van der Waals surface area (Å²) in [5, 5.41) is 7.42. The fourth-order valence-corrected chi connectivity index (χ4v) is 2.75. The molecule has 18 heavy (non-hydrogen) atoms. The smallest absolute Gasteiger partial charge is 0.246 e. The van der Waals surface area contributed by atoms with Crippen LogP contribution >= 0.6 is 0 Å². The molecule has 1 aliphatic heterocycles. The highest BCUT2D eigenvalue weighted by atomic mass is 16.5. The zero-order valence-corrected chi connectivity index (χ0v) is 10.6. The average Bonchev–Trinajstić information content (AvgIpc) is 3.09. The maximum atomic E-state index is 5.65. The molecule has 0 aromatic carbocycles. The number of ether oxygens (including phenoxy) is 2. The second-order valence-corrected chi connectivity index (χ2v) is 4.94. The van der Waals surface area contributed by atoms with E-state index in [1.165, 1.54) is 0 Å². The number of nitrogens with zero attached hydrogens (tertiary/aromatic N) is 2. The second kappa shape index (κ2) is 4.95. The first-order valence-electron chi connectivity index (χ1n) is 6.54. The Bertz CT molecular complexity index is 395. The highest BCUT2D eigenvalue weighted by Crippen LogP contribution is 2.40. The zero-order chi connectivity index (χ0) is 12.4. The Morgan fingerprint density at radius 3 is 2.89 bits per heavy atom. The maximum absolute atomic E-state index is 5.65. The van der Waals surface area contributed by atoms with E-state index in [4.69, 9.17) is 14.0 Å². The van der Waals surface area contributed by atoms with Crippen LogP contribution < -0.4 is 5.32 Å². The van der Waals surface area contributed by atoms with Gasteiger partial charge in [0.1, 0.15) is 11.6 Å². The van der Waals surface area contributed by atoms with Crippen molar-refractivity contribution >= 4 is 0 Å². The maximum Gasteiger partial charge on any atom is 0.246 e. The summed E-state index contributed by atoms with van der Waals surface area (Å²) in [4.78, 5) is 4.51. The van der Waals surface area contributed by atoms with Crippen molar-refractivity contribution in [3.05, 3.63) is 11.7 Å². The minimum absolute atomic E-state index is 0.00955. The van der Waals surface area contributed by atoms with E-state index in [1.807, 2.05) is 0 Å². The molecule has 1 atom stereocenters. The first-order valence-corrected chi connectivity index (χ1v) is 6.54. The normalized spacial score (nSPS) is 27.5. The number of methoxy groups -OCH3 is 1. The molecule has 6 nitrogen and oxygen atoms in total. The molecular weight excluding hydrogens is 234 g/mol. The van der Waals surface area contributed by atoms with Crippen LogP contribution in [0.2, 0.25) is 0 Å². The molecule has 2 heterocycles. The van der Waals surface area contributed by atoms with E-state index in [1.54, 1.807) is 7.11 Å². The van der Waals surface area contributed by atoms with Gasteiger partial charge < -0.3 is 19.3 Å². The van der Waals surface area contributed by atoms with Crippen LogP contribution in [0.4, 0.5) is 0 Å². The van der Waals surface area contributed by atoms with Crippen LogP contribution in [0.3, 0.4) is 0 Å². The Balaban J connectivity index is 1.79. The number of hydrogen-bond donors (Lipinski definition) is 1. The average molecular weight is 253 g/mol. The Kier molecular flexibility index (Phi) is 3.32. The van der Waals surface area contributed by atoms with Gasteiger partial charge in [0.2, 0.25) is 11.7 Å². The largest absolute Gasteiger partial charge is 0.378 e. The summed E-state index contributed by atoms with van der Waals surface area (Å²) >= 11 is 0. The first-order chi connectivity index (χ1) is 8.84. The Morgan fingerprint density at radius 2 is 2.22 bits per heavy atom. The quantitative estimate of drug-likeness (QED) is 0.871. The molecule has 1 aliphatic carbocycles. The summed E-state index contributed by atoms with van der Waals surface area (Å²) in [6, 6.07) is 0.00955. The van der Waals surface area contributed by atoms with Gasteiger partial charge in [0, 0.05) is 13.7 Å². The van der Waals surface area contributed by atoms with Crippen molar-refractivity contribution < 1.29 is 14.0 Å². The van der Waals surface area contributed by atoms with E-state index in [0.29, 0.717) is 18.3 Å². The van der Waals surface area contributed by atoms with Gasteiger partial charge in [-0.2, -0.15) is 4.98 Å². The number of hydrogen-bond acceptors (Lipinski definition) is 6. The van der Waals surface area contributed by atoms with Gasteiger partial charge in [-0.15, -0.1) is 0 Å². The van der Waals surface area contributed by atoms with Gasteiger partial charge in [0.15, 0.2) is 0 Å². The van der Waals surface area contributed by atoms with Crippen LogP contribution in [0.5, 0.6) is 0 Å². The number of morpholine rings is 1. The summed E-state index contributed by atoms with van der Waals surface area (Å²) in [5.74, 6) is 1.29. The SMILES string of the molecule is COC1(c2noc(C3COCCN3)n2)CCCC1. The monoisotopic (exact) mass is 253 g/mol. The third-order valence-corrected chi connectivity index (χ3v) is 3.87. The lowest BCUT2D eigenvalue weighted by Gasteiger charge is -2.23. The molecule has 2 fully saturated rings. The first kappa shape index (κ1) is 12.1. The molecule has 1 saturated carbocycles. The summed E-state index contributed by atoms with van der Waals surface area (Å²) in [6.07, 6.45) is 4.25. The molecule has 0 spiro atoms. The van der Waals surface area contributed by atoms with Crippen molar-refractivity contribution in [2.24, 2.45) is 0 Å². The topological polar surface area (TPSA) is 69.4 Å². The summed E-state index contributed by atoms with van der Waals surface area (Å²) in [6.45, 7) is 2.14. The van der Waals surface area contributed by atoms with Crippen molar-refractivity contribution in [1.82, 2.24) is 15.5 Å². The number of aromatic nitrogens is 2. The molecule has 2 aliphatic rings. The minimum Gasteiger partial charge on any atom is -0.378 e. The lowest BCUT2D eigenvalue weighted by atomic mass is 10.0. The molecule has 1 N–H and O–H groups in total. The van der Waals surface area contributed by atoms with Gasteiger partial charge in [-0.05, 0) is 25.7 Å². The van der Waals surface area contributed by atoms with Crippen LogP contribution in [0.25, 0.3) is 0 Å². The second-order valence-electron chi connectivity index (χ2n) is 4.94. The zero-order valence-electron chi connectivity index (χ0n) is 10.6. The third kappa shape index (κ3) is 2.04. The van der Waals surface area contributed by atoms with Crippen molar-refractivity contribution in [2.45, 2.75) is 37.3 Å². The molecule has 1 aromatic heterocycles. The van der Waals surface area contributed by atoms with E-state index in [-0.39, 0.29) is 11.6 Å². The highest BCUT2D eigenvalue weighted by molar-refractivity contribution is 5.06. The molecule has 6 heteroatoms. The standard InChI is InChI=1S/C12H19N3O3/c1-16-12(4-2-3-5-12)11-14-10(18-15-11)9-8-17-7-6-13-9/h9,13H,2-8H2,1H3. The van der Waals surface area contributed by atoms with Crippen LogP contribution in [-0.4, -0.2) is 37.0 Å². The van der Waals surface area contributed by atoms with Gasteiger partial charge in [-0.25, -0.2) is 0 Å². The van der Waals surface area contributed by atoms with Gasteiger partial charge in [0.05, 0.1) is 13.2 Å². The molecular formula is C12H19N3O3. The third-order valence-electron chi connectivity index (χ3n) is 3.87. The van der Waals surface area contributed by atoms with E-state index in [9.17, 15) is 0 Å². The van der Waals surface area contributed by atoms with Crippen LogP contribution in [-0.2, 0) is 15.1 Å². The fourth-order valence-electron chi connectivity index (χ4n) is 2.75. The Hall–Kier alpha value is -0.980. The van der Waals surface area contributed by atoms with Crippen molar-refractivity contribution in [3.8, 4) is 0 Å². The van der Waals surface area contributed by atoms with Crippen LogP contribution in [0.15, 0.2) is 4.52 Å². The van der Waals surface area contributed by atoms with Crippen molar-refractivity contribution in [1.29, 1.82) is 0 Å². The molecule has 0 amide bonds. The van der Waals surface area contributed by atoms with E-state index in [2.05, 4.69) is 15.5 Å². The lowest BCUT2D eigenvalue weighted by molar-refractivity contribution is -0.0178. The van der Waals surface area contributed by atoms with Crippen molar-refractivity contribution in [3.63, 3.8) is 0 Å². The Morgan fingerprint density at radius 1 is 1.39 bits per heavy atom. The number of rotatable bonds is 3. The predicted octanol–water partition coefficient (Wildman–Crippen LogP) is 1.15. The molecule has 100 valence electrons. The van der Waals surface area contributed by atoms with Crippen LogP contribution in [0.1, 0.15) is 43.4 Å². The molecule has 0 bridgehead atoms. The summed E-state index contributed by atoms with van der Waals surface area (Å²) in [5.41, 5.74) is -0.336. The van der Waals surface area contributed by atoms with Crippen LogP contribution in [0, 0.1) is 0 Å². The van der Waals surface area contributed by atoms with Gasteiger partial charge in [0.25, 0.3) is 0 Å². The van der Waals surface area contributed by atoms with Gasteiger partial charge in [-0.3, -0.25) is 0 Å². The predicted molar refractivity (Wildman–Crippen MR) is 63.0 cm³/mol. The summed E-state index contributed by atoms with van der Waals surface area (Å²) in [7, 11) is 1.73. The van der Waals surface area contributed by atoms with Gasteiger partial charge >= 0.3 is 0 Å². The van der Waals surface area contributed by atoms with Gasteiger partial charge in [-0.1, -0.05) is 5.16 Å². The minimum atomic E-state index is -0.336. The van der Waals surface area contributed by atoms with E-state index < -0.39 is 0 Å². The molecule has 1 aromatic rings. The fraction of sp³-hybridized carbons (Fsp3) is 0.833. The van der Waals surface area contributed by atoms with E-state index >= 15 is 0 Å². The number of nitrogens with one attached hydrogen (secondary N) is 1. The van der Waals surface area contributed by atoms with E-state index in [0.717, 1.165) is 38.8 Å².